The molecule has 74 valence electrons. The smallest absolute Gasteiger partial charge is 0.414 e. The minimum Gasteiger partial charge on any atom is -0.514 e. The van der Waals surface area contributed by atoms with E-state index in [4.69, 9.17) is 9.84 Å². The van der Waals surface area contributed by atoms with Crippen LogP contribution in [0.4, 0.5) is 4.79 Å². The van der Waals surface area contributed by atoms with E-state index in [-0.39, 0.29) is 6.09 Å². The first-order valence-corrected chi connectivity index (χ1v) is 4.28. The number of aliphatic hydroxyl groups is 1. The van der Waals surface area contributed by atoms with Crippen molar-refractivity contribution in [3.8, 4) is 0 Å². The second-order valence-electron chi connectivity index (χ2n) is 4.00. The van der Waals surface area contributed by atoms with E-state index in [1.54, 1.807) is 0 Å². The van der Waals surface area contributed by atoms with Gasteiger partial charge >= 0.3 is 6.09 Å². The van der Waals surface area contributed by atoms with Crippen LogP contribution < -0.4 is 0 Å². The van der Waals surface area contributed by atoms with Gasteiger partial charge in [-0.2, -0.15) is 0 Å². The quantitative estimate of drug-likeness (QED) is 0.587. The largest absolute Gasteiger partial charge is 0.514 e. The van der Waals surface area contributed by atoms with Crippen molar-refractivity contribution in [3.05, 3.63) is 12.0 Å². The van der Waals surface area contributed by atoms with E-state index < -0.39 is 5.60 Å². The molecule has 1 fully saturated rings. The van der Waals surface area contributed by atoms with Crippen LogP contribution in [0.1, 0.15) is 27.2 Å². The fraction of sp³-hybridized carbons (Fsp3) is 0.667. The number of hydrogen-bond donors (Lipinski definition) is 1. The van der Waals surface area contributed by atoms with Crippen LogP contribution in [0, 0.1) is 0 Å². The molecule has 4 nitrogen and oxygen atoms in total. The third kappa shape index (κ3) is 2.37. The summed E-state index contributed by atoms with van der Waals surface area (Å²) in [5.41, 5.74) is 0.141. The van der Waals surface area contributed by atoms with E-state index in [0.29, 0.717) is 12.2 Å². The van der Waals surface area contributed by atoms with Crippen LogP contribution in [0.2, 0.25) is 0 Å². The number of carbonyl (C=O) groups excluding carboxylic acids is 1. The SMILES string of the molecule is CC(C)(C)OC(=O)N1CC/C1=C/O. The molecule has 1 aliphatic heterocycles. The van der Waals surface area contributed by atoms with Gasteiger partial charge in [0.25, 0.3) is 0 Å². The third-order valence-corrected chi connectivity index (χ3v) is 1.70. The van der Waals surface area contributed by atoms with Gasteiger partial charge in [-0.25, -0.2) is 4.79 Å². The van der Waals surface area contributed by atoms with Crippen LogP contribution in [0.25, 0.3) is 0 Å². The molecule has 1 amide bonds. The number of aliphatic hydroxyl groups excluding tert-OH is 1. The second kappa shape index (κ2) is 3.28. The molecule has 0 aromatic rings. The van der Waals surface area contributed by atoms with Gasteiger partial charge in [0, 0.05) is 13.0 Å². The van der Waals surface area contributed by atoms with Crippen molar-refractivity contribution in [2.75, 3.05) is 6.54 Å². The van der Waals surface area contributed by atoms with Crippen molar-refractivity contribution in [1.82, 2.24) is 4.90 Å². The van der Waals surface area contributed by atoms with E-state index in [2.05, 4.69) is 0 Å². The summed E-state index contributed by atoms with van der Waals surface area (Å²) in [5, 5.41) is 8.69. The van der Waals surface area contributed by atoms with Crippen LogP contribution in [0.15, 0.2) is 12.0 Å². The average molecular weight is 185 g/mol. The van der Waals surface area contributed by atoms with Gasteiger partial charge < -0.3 is 9.84 Å². The Hall–Kier alpha value is -1.19. The number of ether oxygens (including phenoxy) is 1. The number of likely N-dealkylation sites (tertiary alicyclic amines) is 1. The Morgan fingerprint density at radius 3 is 2.54 bits per heavy atom. The molecular weight excluding hydrogens is 170 g/mol. The van der Waals surface area contributed by atoms with Crippen LogP contribution in [-0.2, 0) is 4.74 Å². The minimum absolute atomic E-state index is 0.390. The summed E-state index contributed by atoms with van der Waals surface area (Å²) < 4.78 is 5.11. The lowest BCUT2D eigenvalue weighted by Crippen LogP contribution is -2.43. The maximum absolute atomic E-state index is 11.4. The molecule has 1 N–H and O–H groups in total. The molecule has 0 aliphatic carbocycles. The molecule has 0 unspecified atom stereocenters. The Morgan fingerprint density at radius 2 is 2.23 bits per heavy atom. The number of carbonyl (C=O) groups is 1. The van der Waals surface area contributed by atoms with Crippen LogP contribution in [0.3, 0.4) is 0 Å². The maximum Gasteiger partial charge on any atom is 0.414 e. The van der Waals surface area contributed by atoms with Crippen molar-refractivity contribution in [2.24, 2.45) is 0 Å². The monoisotopic (exact) mass is 185 g/mol. The molecule has 13 heavy (non-hydrogen) atoms. The zero-order valence-electron chi connectivity index (χ0n) is 8.20. The van der Waals surface area contributed by atoms with Gasteiger partial charge in [0.15, 0.2) is 0 Å². The van der Waals surface area contributed by atoms with Gasteiger partial charge in [0.05, 0.1) is 12.0 Å². The highest BCUT2D eigenvalue weighted by Gasteiger charge is 2.30. The predicted octanol–water partition coefficient (Wildman–Crippen LogP) is 2.03. The molecule has 1 heterocycles. The van der Waals surface area contributed by atoms with Crippen molar-refractivity contribution in [1.29, 1.82) is 0 Å². The Labute approximate surface area is 77.8 Å². The highest BCUT2D eigenvalue weighted by molar-refractivity contribution is 5.71. The lowest BCUT2D eigenvalue weighted by Gasteiger charge is -2.34. The molecule has 0 bridgehead atoms. The summed E-state index contributed by atoms with van der Waals surface area (Å²) in [5.74, 6) is 0. The molecule has 1 aliphatic rings. The fourth-order valence-corrected chi connectivity index (χ4v) is 1.01. The van der Waals surface area contributed by atoms with Crippen molar-refractivity contribution in [3.63, 3.8) is 0 Å². The first-order valence-electron chi connectivity index (χ1n) is 4.28. The average Bonchev–Trinajstić information content (AvgIpc) is 1.80. The normalized spacial score (nSPS) is 19.9. The molecule has 0 atom stereocenters. The van der Waals surface area contributed by atoms with Crippen molar-refractivity contribution >= 4 is 6.09 Å². The van der Waals surface area contributed by atoms with Crippen molar-refractivity contribution in [2.45, 2.75) is 32.8 Å². The second-order valence-corrected chi connectivity index (χ2v) is 4.00. The van der Waals surface area contributed by atoms with E-state index in [0.717, 1.165) is 12.7 Å². The van der Waals surface area contributed by atoms with Gasteiger partial charge in [0.2, 0.25) is 0 Å². The Balaban J connectivity index is 2.50. The number of rotatable bonds is 0. The number of hydrogen-bond acceptors (Lipinski definition) is 3. The zero-order chi connectivity index (χ0) is 10.1. The predicted molar refractivity (Wildman–Crippen MR) is 48.3 cm³/mol. The summed E-state index contributed by atoms with van der Waals surface area (Å²) in [6.45, 7) is 6.06. The van der Waals surface area contributed by atoms with E-state index in [1.807, 2.05) is 20.8 Å². The molecule has 0 saturated carbocycles. The fourth-order valence-electron chi connectivity index (χ4n) is 1.01. The Morgan fingerprint density at radius 1 is 1.62 bits per heavy atom. The first kappa shape index (κ1) is 9.89. The molecular formula is C9H15NO3. The van der Waals surface area contributed by atoms with Crippen molar-refractivity contribution < 1.29 is 14.6 Å². The molecule has 0 spiro atoms. The standard InChI is InChI=1S/C9H15NO3/c1-9(2,3)13-8(12)10-5-4-7(10)6-11/h6,11H,4-5H2,1-3H3/b7-6-. The lowest BCUT2D eigenvalue weighted by atomic mass is 10.1. The lowest BCUT2D eigenvalue weighted by molar-refractivity contribution is 0.0227. The van der Waals surface area contributed by atoms with Crippen LogP contribution in [-0.4, -0.2) is 28.2 Å². The van der Waals surface area contributed by atoms with E-state index >= 15 is 0 Å². The topological polar surface area (TPSA) is 49.8 Å². The third-order valence-electron chi connectivity index (χ3n) is 1.70. The van der Waals surface area contributed by atoms with Gasteiger partial charge in [-0.05, 0) is 20.8 Å². The van der Waals surface area contributed by atoms with E-state index in [1.165, 1.54) is 4.90 Å². The maximum atomic E-state index is 11.4. The first-order chi connectivity index (χ1) is 5.94. The molecule has 1 rings (SSSR count). The van der Waals surface area contributed by atoms with Gasteiger partial charge in [0.1, 0.15) is 5.60 Å². The molecule has 0 aromatic carbocycles. The Kier molecular flexibility index (Phi) is 2.50. The van der Waals surface area contributed by atoms with Gasteiger partial charge in [-0.1, -0.05) is 0 Å². The molecule has 0 radical (unpaired) electrons. The molecule has 0 aromatic heterocycles. The number of amides is 1. The molecule has 4 heteroatoms. The van der Waals surface area contributed by atoms with E-state index in [9.17, 15) is 4.79 Å². The summed E-state index contributed by atoms with van der Waals surface area (Å²) in [6, 6.07) is 0. The highest BCUT2D eigenvalue weighted by Crippen LogP contribution is 2.23. The summed E-state index contributed by atoms with van der Waals surface area (Å²) in [4.78, 5) is 12.8. The van der Waals surface area contributed by atoms with Gasteiger partial charge in [-0.3, -0.25) is 4.90 Å². The zero-order valence-corrected chi connectivity index (χ0v) is 8.20. The molecule has 1 saturated heterocycles. The van der Waals surface area contributed by atoms with Gasteiger partial charge in [-0.15, -0.1) is 0 Å². The number of nitrogens with zero attached hydrogens (tertiary/aromatic N) is 1. The minimum atomic E-state index is -0.479. The van der Waals surface area contributed by atoms with Crippen LogP contribution in [0.5, 0.6) is 0 Å². The summed E-state index contributed by atoms with van der Waals surface area (Å²) >= 11 is 0. The summed E-state index contributed by atoms with van der Waals surface area (Å²) in [7, 11) is 0. The summed E-state index contributed by atoms with van der Waals surface area (Å²) in [6.07, 6.45) is 1.29. The highest BCUT2D eigenvalue weighted by atomic mass is 16.6. The van der Waals surface area contributed by atoms with Crippen LogP contribution >= 0.6 is 0 Å². The Bertz CT molecular complexity index is 240.